The van der Waals surface area contributed by atoms with Crippen molar-refractivity contribution in [2.75, 3.05) is 31.3 Å². The van der Waals surface area contributed by atoms with Crippen LogP contribution in [0.4, 0.5) is 36.3 Å². The number of carbonyl (C=O) groups excluding carboxylic acids is 1. The second kappa shape index (κ2) is 9.14. The van der Waals surface area contributed by atoms with Gasteiger partial charge in [0.15, 0.2) is 11.5 Å². The van der Waals surface area contributed by atoms with Gasteiger partial charge >= 0.3 is 6.18 Å². The Labute approximate surface area is 193 Å². The summed E-state index contributed by atoms with van der Waals surface area (Å²) in [5, 5.41) is 13.2. The summed E-state index contributed by atoms with van der Waals surface area (Å²) in [5.41, 5.74) is 6.50. The van der Waals surface area contributed by atoms with Crippen LogP contribution in [-0.2, 0) is 19.1 Å². The number of likely N-dealkylation sites (N-methyl/N-ethyl adjacent to an activating group) is 1. The monoisotopic (exact) mass is 473 g/mol. The molecule has 0 saturated carbocycles. The van der Waals surface area contributed by atoms with Crippen LogP contribution in [0.25, 0.3) is 0 Å². The van der Waals surface area contributed by atoms with Gasteiger partial charge in [-0.05, 0) is 48.9 Å². The highest BCUT2D eigenvalue weighted by molar-refractivity contribution is 5.96. The fraction of sp³-hybridized carbons (Fsp3) is 0.273. The van der Waals surface area contributed by atoms with Crippen molar-refractivity contribution >= 4 is 29.0 Å². The molecule has 1 aliphatic heterocycles. The molecule has 1 aromatic heterocycles. The molecule has 2 heterocycles. The zero-order valence-corrected chi connectivity index (χ0v) is 18.4. The van der Waals surface area contributed by atoms with Crippen LogP contribution in [0.2, 0.25) is 0 Å². The summed E-state index contributed by atoms with van der Waals surface area (Å²) in [7, 11) is 3.55. The van der Waals surface area contributed by atoms with E-state index in [0.29, 0.717) is 11.4 Å². The molecule has 0 fully saturated rings. The van der Waals surface area contributed by atoms with Crippen molar-refractivity contribution in [1.82, 2.24) is 20.1 Å². The van der Waals surface area contributed by atoms with Crippen molar-refractivity contribution in [2.45, 2.75) is 19.1 Å². The number of carbonyl (C=O) groups is 1. The highest BCUT2D eigenvalue weighted by Crippen LogP contribution is 2.36. The summed E-state index contributed by atoms with van der Waals surface area (Å²) >= 11 is 0. The molecule has 178 valence electrons. The van der Waals surface area contributed by atoms with E-state index in [1.54, 1.807) is 0 Å². The van der Waals surface area contributed by atoms with Gasteiger partial charge < -0.3 is 26.0 Å². The summed E-state index contributed by atoms with van der Waals surface area (Å²) in [6.07, 6.45) is -3.75. The molecule has 0 aliphatic carbocycles. The Bertz CT molecular complexity index is 1230. The molecule has 0 spiro atoms. The van der Waals surface area contributed by atoms with Crippen molar-refractivity contribution in [3.63, 3.8) is 0 Å². The molecular formula is C22H22F3N7O2. The number of ether oxygens (including phenoxy) is 1. The average Bonchev–Trinajstić information content (AvgIpc) is 2.78. The predicted octanol–water partition coefficient (Wildman–Crippen LogP) is 3.47. The van der Waals surface area contributed by atoms with Gasteiger partial charge in [-0.15, -0.1) is 10.2 Å². The predicted molar refractivity (Wildman–Crippen MR) is 119 cm³/mol. The number of rotatable bonds is 6. The van der Waals surface area contributed by atoms with Gasteiger partial charge in [-0.2, -0.15) is 18.2 Å². The highest BCUT2D eigenvalue weighted by Gasteiger charge is 2.33. The molecular weight excluding hydrogens is 451 g/mol. The van der Waals surface area contributed by atoms with Crippen molar-refractivity contribution in [1.29, 1.82) is 0 Å². The number of hydrogen-bond donors (Lipinski definition) is 3. The molecule has 3 aromatic rings. The van der Waals surface area contributed by atoms with E-state index in [9.17, 15) is 18.0 Å². The third kappa shape index (κ3) is 4.86. The van der Waals surface area contributed by atoms with Crippen LogP contribution in [0.15, 0.2) is 36.4 Å². The molecule has 0 unspecified atom stereocenters. The van der Waals surface area contributed by atoms with Gasteiger partial charge in [-0.3, -0.25) is 4.79 Å². The Kier molecular flexibility index (Phi) is 6.24. The second-order valence-corrected chi connectivity index (χ2v) is 7.80. The van der Waals surface area contributed by atoms with Crippen molar-refractivity contribution in [3.05, 3.63) is 58.8 Å². The summed E-state index contributed by atoms with van der Waals surface area (Å²) in [4.78, 5) is 18.2. The SMILES string of the molecule is COc1cc2c(cc1Nc1nnc(C(N)=O)c(Nc3ccccc3C(F)(F)F)n1)CN(C)CC2. The Morgan fingerprint density at radius 1 is 1.12 bits per heavy atom. The van der Waals surface area contributed by atoms with Crippen molar-refractivity contribution in [3.8, 4) is 5.75 Å². The molecule has 0 atom stereocenters. The van der Waals surface area contributed by atoms with Gasteiger partial charge in [0, 0.05) is 13.1 Å². The summed E-state index contributed by atoms with van der Waals surface area (Å²) in [5.74, 6) is -0.770. The number of alkyl halides is 3. The zero-order chi connectivity index (χ0) is 24.5. The maximum absolute atomic E-state index is 13.4. The lowest BCUT2D eigenvalue weighted by atomic mass is 9.99. The number of halogens is 3. The third-order valence-electron chi connectivity index (χ3n) is 5.38. The largest absolute Gasteiger partial charge is 0.495 e. The van der Waals surface area contributed by atoms with Crippen LogP contribution in [-0.4, -0.2) is 46.7 Å². The van der Waals surface area contributed by atoms with E-state index in [2.05, 4.69) is 30.7 Å². The van der Waals surface area contributed by atoms with Gasteiger partial charge in [-0.25, -0.2) is 0 Å². The number of methoxy groups -OCH3 is 1. The molecule has 1 amide bonds. The van der Waals surface area contributed by atoms with Crippen LogP contribution in [0.1, 0.15) is 27.2 Å². The number of aromatic nitrogens is 3. The van der Waals surface area contributed by atoms with Gasteiger partial charge in [-0.1, -0.05) is 12.1 Å². The van der Waals surface area contributed by atoms with E-state index in [1.807, 2.05) is 19.2 Å². The van der Waals surface area contributed by atoms with E-state index in [4.69, 9.17) is 10.5 Å². The minimum atomic E-state index is -4.62. The first kappa shape index (κ1) is 23.2. The van der Waals surface area contributed by atoms with Crippen LogP contribution >= 0.6 is 0 Å². The van der Waals surface area contributed by atoms with E-state index in [0.717, 1.165) is 36.7 Å². The number of nitrogens with two attached hydrogens (primary N) is 1. The Hall–Kier alpha value is -3.93. The average molecular weight is 473 g/mol. The number of primary amides is 1. The number of anilines is 4. The van der Waals surface area contributed by atoms with Gasteiger partial charge in [0.25, 0.3) is 5.91 Å². The lowest BCUT2D eigenvalue weighted by Gasteiger charge is -2.26. The maximum Gasteiger partial charge on any atom is 0.418 e. The Balaban J connectivity index is 1.70. The number of nitrogens with zero attached hydrogens (tertiary/aromatic N) is 4. The van der Waals surface area contributed by atoms with Crippen molar-refractivity contribution in [2.24, 2.45) is 5.73 Å². The first-order chi connectivity index (χ1) is 16.2. The number of fused-ring (bicyclic) bond motifs is 1. The summed E-state index contributed by atoms with van der Waals surface area (Å²) in [6, 6.07) is 8.63. The van der Waals surface area contributed by atoms with E-state index >= 15 is 0 Å². The zero-order valence-electron chi connectivity index (χ0n) is 18.4. The van der Waals surface area contributed by atoms with Gasteiger partial charge in [0.2, 0.25) is 5.95 Å². The first-order valence-electron chi connectivity index (χ1n) is 10.3. The molecule has 1 aliphatic rings. The lowest BCUT2D eigenvalue weighted by Crippen LogP contribution is -2.26. The molecule has 0 bridgehead atoms. The van der Waals surface area contributed by atoms with Gasteiger partial charge in [0.1, 0.15) is 5.75 Å². The number of benzene rings is 2. The van der Waals surface area contributed by atoms with E-state index < -0.39 is 23.3 Å². The van der Waals surface area contributed by atoms with E-state index in [1.165, 1.54) is 25.3 Å². The normalized spacial score (nSPS) is 13.8. The molecule has 12 heteroatoms. The first-order valence-corrected chi connectivity index (χ1v) is 10.3. The summed E-state index contributed by atoms with van der Waals surface area (Å²) in [6.45, 7) is 1.67. The fourth-order valence-electron chi connectivity index (χ4n) is 3.71. The molecule has 0 radical (unpaired) electrons. The summed E-state index contributed by atoms with van der Waals surface area (Å²) < 4.78 is 45.7. The molecule has 2 aromatic carbocycles. The topological polar surface area (TPSA) is 118 Å². The number of hydrogen-bond acceptors (Lipinski definition) is 8. The molecule has 4 rings (SSSR count). The molecule has 4 N–H and O–H groups in total. The third-order valence-corrected chi connectivity index (χ3v) is 5.38. The highest BCUT2D eigenvalue weighted by atomic mass is 19.4. The Morgan fingerprint density at radius 3 is 2.59 bits per heavy atom. The second-order valence-electron chi connectivity index (χ2n) is 7.80. The molecule has 9 nitrogen and oxygen atoms in total. The van der Waals surface area contributed by atoms with Crippen molar-refractivity contribution < 1.29 is 22.7 Å². The quantitative estimate of drug-likeness (QED) is 0.498. The van der Waals surface area contributed by atoms with Crippen LogP contribution in [0, 0.1) is 0 Å². The van der Waals surface area contributed by atoms with Gasteiger partial charge in [0.05, 0.1) is 24.0 Å². The number of amides is 1. The molecule has 34 heavy (non-hydrogen) atoms. The standard InChI is InChI=1S/C22H22F3N7O2/c1-32-8-7-12-10-17(34-2)16(9-13(12)11-32)28-21-29-20(18(19(26)33)30-31-21)27-15-6-4-3-5-14(15)22(23,24)25/h3-6,9-10H,7-8,11H2,1-2H3,(H2,26,33)(H2,27,28,29,31). The minimum Gasteiger partial charge on any atom is -0.495 e. The Morgan fingerprint density at radius 2 is 1.88 bits per heavy atom. The van der Waals surface area contributed by atoms with E-state index in [-0.39, 0.29) is 17.5 Å². The van der Waals surface area contributed by atoms with Crippen LogP contribution in [0.5, 0.6) is 5.75 Å². The minimum absolute atomic E-state index is 0.0561. The number of para-hydroxylation sites is 1. The van der Waals surface area contributed by atoms with Crippen LogP contribution in [0.3, 0.4) is 0 Å². The lowest BCUT2D eigenvalue weighted by molar-refractivity contribution is -0.136. The molecule has 0 saturated heterocycles. The van der Waals surface area contributed by atoms with Crippen LogP contribution < -0.4 is 21.1 Å². The fourth-order valence-corrected chi connectivity index (χ4v) is 3.71. The maximum atomic E-state index is 13.4. The smallest absolute Gasteiger partial charge is 0.418 e. The number of nitrogens with one attached hydrogen (secondary N) is 2.